The van der Waals surface area contributed by atoms with Gasteiger partial charge in [-0.1, -0.05) is 41.4 Å². The summed E-state index contributed by atoms with van der Waals surface area (Å²) in [6.07, 6.45) is 0. The maximum absolute atomic E-state index is 9.20. The van der Waals surface area contributed by atoms with Gasteiger partial charge in [0.05, 0.1) is 6.61 Å². The van der Waals surface area contributed by atoms with Crippen LogP contribution in [0.1, 0.15) is 19.4 Å². The number of nitrogens with one attached hydrogen (secondary N) is 1. The molecule has 0 aliphatic rings. The molecule has 4 heteroatoms. The van der Waals surface area contributed by atoms with E-state index in [2.05, 4.69) is 35.1 Å². The smallest absolute Gasteiger partial charge is 0.0587 e. The van der Waals surface area contributed by atoms with E-state index in [4.69, 9.17) is 11.6 Å². The van der Waals surface area contributed by atoms with Crippen LogP contribution in [-0.4, -0.2) is 17.8 Å². The van der Waals surface area contributed by atoms with Crippen LogP contribution in [0.3, 0.4) is 0 Å². The molecule has 1 rings (SSSR count). The molecule has 90 valence electrons. The number of aliphatic hydroxyl groups excluding tert-OH is 1. The number of halogens is 2. The van der Waals surface area contributed by atoms with Crippen LogP contribution in [0.4, 0.5) is 0 Å². The molecule has 2 nitrogen and oxygen atoms in total. The molecule has 0 spiro atoms. The summed E-state index contributed by atoms with van der Waals surface area (Å²) >= 11 is 9.41. The van der Waals surface area contributed by atoms with E-state index in [9.17, 15) is 5.11 Å². The van der Waals surface area contributed by atoms with Crippen molar-refractivity contribution in [2.75, 3.05) is 6.61 Å². The highest BCUT2D eigenvalue weighted by molar-refractivity contribution is 9.10. The van der Waals surface area contributed by atoms with Crippen LogP contribution in [0.5, 0.6) is 0 Å². The van der Waals surface area contributed by atoms with E-state index in [1.807, 2.05) is 18.2 Å². The van der Waals surface area contributed by atoms with Gasteiger partial charge >= 0.3 is 0 Å². The van der Waals surface area contributed by atoms with Gasteiger partial charge in [0.15, 0.2) is 0 Å². The molecule has 1 atom stereocenters. The van der Waals surface area contributed by atoms with Gasteiger partial charge in [-0.3, -0.25) is 0 Å². The van der Waals surface area contributed by atoms with E-state index in [1.54, 1.807) is 0 Å². The van der Waals surface area contributed by atoms with Gasteiger partial charge in [0.2, 0.25) is 0 Å². The Hall–Kier alpha value is -0.0900. The van der Waals surface area contributed by atoms with E-state index in [1.165, 1.54) is 0 Å². The van der Waals surface area contributed by atoms with Gasteiger partial charge < -0.3 is 10.4 Å². The first-order valence-corrected chi connectivity index (χ1v) is 6.50. The van der Waals surface area contributed by atoms with Crippen LogP contribution in [0.25, 0.3) is 0 Å². The summed E-state index contributed by atoms with van der Waals surface area (Å²) in [6.45, 7) is 5.02. The molecule has 0 unspecified atom stereocenters. The Labute approximate surface area is 110 Å². The van der Waals surface area contributed by atoms with Crippen molar-refractivity contribution < 1.29 is 5.11 Å². The Morgan fingerprint density at radius 2 is 2.12 bits per heavy atom. The number of aliphatic hydroxyl groups is 1. The third kappa shape index (κ3) is 4.06. The molecule has 0 saturated carbocycles. The fourth-order valence-electron chi connectivity index (χ4n) is 1.43. The maximum atomic E-state index is 9.20. The highest BCUT2D eigenvalue weighted by Gasteiger charge is 2.11. The summed E-state index contributed by atoms with van der Waals surface area (Å²) < 4.78 is 1.03. The van der Waals surface area contributed by atoms with Gasteiger partial charge in [-0.15, -0.1) is 0 Å². The third-order valence-corrected chi connectivity index (χ3v) is 3.57. The molecule has 16 heavy (non-hydrogen) atoms. The monoisotopic (exact) mass is 305 g/mol. The standard InChI is InChI=1S/C12H17BrClNO/c1-8(2)12(7-16)15-6-9-5-10(14)3-4-11(9)13/h3-5,8,12,15-16H,6-7H2,1-2H3/t12-/m1/s1. The molecule has 0 aliphatic heterocycles. The zero-order valence-electron chi connectivity index (χ0n) is 9.50. The highest BCUT2D eigenvalue weighted by atomic mass is 79.9. The van der Waals surface area contributed by atoms with Crippen molar-refractivity contribution in [3.63, 3.8) is 0 Å². The van der Waals surface area contributed by atoms with Gasteiger partial charge in [-0.25, -0.2) is 0 Å². The lowest BCUT2D eigenvalue weighted by Crippen LogP contribution is -2.36. The molecule has 0 bridgehead atoms. The number of rotatable bonds is 5. The minimum absolute atomic E-state index is 0.117. The van der Waals surface area contributed by atoms with E-state index in [0.717, 1.165) is 15.1 Å². The Morgan fingerprint density at radius 3 is 2.69 bits per heavy atom. The normalized spacial score (nSPS) is 13.1. The van der Waals surface area contributed by atoms with E-state index >= 15 is 0 Å². The first-order valence-electron chi connectivity index (χ1n) is 5.32. The number of benzene rings is 1. The zero-order valence-corrected chi connectivity index (χ0v) is 11.8. The van der Waals surface area contributed by atoms with Gasteiger partial charge in [0.1, 0.15) is 0 Å². The van der Waals surface area contributed by atoms with E-state index < -0.39 is 0 Å². The molecule has 1 aromatic carbocycles. The van der Waals surface area contributed by atoms with E-state index in [0.29, 0.717) is 12.5 Å². The molecule has 2 N–H and O–H groups in total. The molecule has 0 amide bonds. The van der Waals surface area contributed by atoms with Crippen LogP contribution < -0.4 is 5.32 Å². The predicted molar refractivity (Wildman–Crippen MR) is 71.7 cm³/mol. The Balaban J connectivity index is 2.63. The molecular formula is C12H17BrClNO. The molecule has 0 heterocycles. The quantitative estimate of drug-likeness (QED) is 0.875. The molecule has 0 saturated heterocycles. The van der Waals surface area contributed by atoms with Crippen molar-refractivity contribution in [2.24, 2.45) is 5.92 Å². The first-order chi connectivity index (χ1) is 7.54. The van der Waals surface area contributed by atoms with Crippen molar-refractivity contribution in [2.45, 2.75) is 26.4 Å². The Kier molecular flexibility index (Phi) is 5.76. The number of hydrogen-bond acceptors (Lipinski definition) is 2. The average Bonchev–Trinajstić information content (AvgIpc) is 2.23. The summed E-state index contributed by atoms with van der Waals surface area (Å²) in [5.74, 6) is 0.406. The molecule has 0 radical (unpaired) electrons. The Bertz CT molecular complexity index is 344. The second-order valence-corrected chi connectivity index (χ2v) is 5.44. The molecular weight excluding hydrogens is 289 g/mol. The minimum atomic E-state index is 0.117. The Morgan fingerprint density at radius 1 is 1.44 bits per heavy atom. The van der Waals surface area contributed by atoms with Crippen LogP contribution in [-0.2, 0) is 6.54 Å². The largest absolute Gasteiger partial charge is 0.395 e. The molecule has 0 aromatic heterocycles. The van der Waals surface area contributed by atoms with Gasteiger partial charge in [0, 0.05) is 22.1 Å². The summed E-state index contributed by atoms with van der Waals surface area (Å²) in [5.41, 5.74) is 1.10. The fraction of sp³-hybridized carbons (Fsp3) is 0.500. The molecule has 1 aromatic rings. The second kappa shape index (κ2) is 6.60. The SMILES string of the molecule is CC(C)[C@@H](CO)NCc1cc(Cl)ccc1Br. The second-order valence-electron chi connectivity index (χ2n) is 4.15. The minimum Gasteiger partial charge on any atom is -0.395 e. The highest BCUT2D eigenvalue weighted by Crippen LogP contribution is 2.21. The molecule has 0 aliphatic carbocycles. The van der Waals surface area contributed by atoms with E-state index in [-0.39, 0.29) is 12.6 Å². The summed E-state index contributed by atoms with van der Waals surface area (Å²) in [5, 5.41) is 13.2. The predicted octanol–water partition coefficient (Wildman–Crippen LogP) is 3.21. The van der Waals surface area contributed by atoms with Crippen LogP contribution in [0, 0.1) is 5.92 Å². The first kappa shape index (κ1) is 14.0. The van der Waals surface area contributed by atoms with Crippen LogP contribution in [0.15, 0.2) is 22.7 Å². The topological polar surface area (TPSA) is 32.3 Å². The van der Waals surface area contributed by atoms with Crippen LogP contribution >= 0.6 is 27.5 Å². The lowest BCUT2D eigenvalue weighted by atomic mass is 10.1. The van der Waals surface area contributed by atoms with Gasteiger partial charge in [-0.05, 0) is 29.7 Å². The maximum Gasteiger partial charge on any atom is 0.0587 e. The summed E-state index contributed by atoms with van der Waals surface area (Å²) in [4.78, 5) is 0. The third-order valence-electron chi connectivity index (χ3n) is 2.56. The average molecular weight is 307 g/mol. The van der Waals surface area contributed by atoms with Crippen molar-refractivity contribution >= 4 is 27.5 Å². The van der Waals surface area contributed by atoms with Crippen LogP contribution in [0.2, 0.25) is 5.02 Å². The molecule has 0 fully saturated rings. The van der Waals surface area contributed by atoms with Crippen molar-refractivity contribution in [3.8, 4) is 0 Å². The van der Waals surface area contributed by atoms with Gasteiger partial charge in [-0.2, -0.15) is 0 Å². The fourth-order valence-corrected chi connectivity index (χ4v) is 2.01. The summed E-state index contributed by atoms with van der Waals surface area (Å²) in [7, 11) is 0. The van der Waals surface area contributed by atoms with Crippen molar-refractivity contribution in [1.82, 2.24) is 5.32 Å². The van der Waals surface area contributed by atoms with Crippen molar-refractivity contribution in [3.05, 3.63) is 33.3 Å². The lowest BCUT2D eigenvalue weighted by Gasteiger charge is -2.20. The number of hydrogen-bond donors (Lipinski definition) is 2. The summed E-state index contributed by atoms with van der Waals surface area (Å²) in [6, 6.07) is 5.82. The zero-order chi connectivity index (χ0) is 12.1. The van der Waals surface area contributed by atoms with Crippen molar-refractivity contribution in [1.29, 1.82) is 0 Å². The van der Waals surface area contributed by atoms with Gasteiger partial charge in [0.25, 0.3) is 0 Å². The lowest BCUT2D eigenvalue weighted by molar-refractivity contribution is 0.210.